The lowest BCUT2D eigenvalue weighted by Gasteiger charge is -2.18. The Labute approximate surface area is 173 Å². The number of carbonyl (C=O) groups is 1. The van der Waals surface area contributed by atoms with E-state index in [0.29, 0.717) is 23.3 Å². The molecule has 2 atom stereocenters. The molecule has 2 aromatic carbocycles. The fraction of sp³-hybridized carbons (Fsp3) is 0.273. The van der Waals surface area contributed by atoms with E-state index in [-0.39, 0.29) is 11.2 Å². The molecule has 2 aromatic heterocycles. The van der Waals surface area contributed by atoms with Crippen LogP contribution < -0.4 is 5.32 Å². The van der Waals surface area contributed by atoms with E-state index in [2.05, 4.69) is 44.5 Å². The summed E-state index contributed by atoms with van der Waals surface area (Å²) in [6.07, 6.45) is 0.968. The zero-order valence-corrected chi connectivity index (χ0v) is 17.2. The van der Waals surface area contributed by atoms with Crippen LogP contribution in [0, 0.1) is 0 Å². The second kappa shape index (κ2) is 8.61. The van der Waals surface area contributed by atoms with Gasteiger partial charge in [0.1, 0.15) is 5.52 Å². The van der Waals surface area contributed by atoms with Crippen LogP contribution in [-0.4, -0.2) is 37.9 Å². The molecule has 0 bridgehead atoms. The van der Waals surface area contributed by atoms with Gasteiger partial charge in [0.2, 0.25) is 11.1 Å². The van der Waals surface area contributed by atoms with Gasteiger partial charge in [-0.2, -0.15) is 0 Å². The highest BCUT2D eigenvalue weighted by atomic mass is 32.2. The first-order valence-electron chi connectivity index (χ1n) is 9.76. The van der Waals surface area contributed by atoms with Gasteiger partial charge in [-0.3, -0.25) is 4.79 Å². The lowest BCUT2D eigenvalue weighted by Crippen LogP contribution is -2.34. The number of H-pyrrole nitrogens is 1. The highest BCUT2D eigenvalue weighted by Crippen LogP contribution is 2.25. The van der Waals surface area contributed by atoms with Gasteiger partial charge in [-0.1, -0.05) is 67.2 Å². The predicted octanol–water partition coefficient (Wildman–Crippen LogP) is 4.30. The summed E-state index contributed by atoms with van der Waals surface area (Å²) in [6, 6.07) is 18.2. The van der Waals surface area contributed by atoms with E-state index in [1.165, 1.54) is 17.3 Å². The Kier molecular flexibility index (Phi) is 5.76. The Balaban J connectivity index is 1.41. The van der Waals surface area contributed by atoms with Crippen molar-refractivity contribution in [2.45, 2.75) is 36.6 Å². The number of hydrogen-bond donors (Lipinski definition) is 2. The van der Waals surface area contributed by atoms with Crippen LogP contribution in [0.25, 0.3) is 22.1 Å². The number of aromatic amines is 1. The van der Waals surface area contributed by atoms with E-state index in [1.807, 2.05) is 49.4 Å². The minimum Gasteiger partial charge on any atom is -0.355 e. The van der Waals surface area contributed by atoms with Gasteiger partial charge < -0.3 is 10.3 Å². The molecule has 0 spiro atoms. The van der Waals surface area contributed by atoms with E-state index in [0.717, 1.165) is 22.8 Å². The largest absolute Gasteiger partial charge is 0.355 e. The van der Waals surface area contributed by atoms with Gasteiger partial charge in [0.15, 0.2) is 5.65 Å². The smallest absolute Gasteiger partial charge is 0.233 e. The Morgan fingerprint density at radius 3 is 2.66 bits per heavy atom. The van der Waals surface area contributed by atoms with Crippen LogP contribution in [0.3, 0.4) is 0 Å². The van der Waals surface area contributed by atoms with Crippen LogP contribution >= 0.6 is 11.8 Å². The fourth-order valence-corrected chi connectivity index (χ4v) is 4.10. The Hall–Kier alpha value is -2.93. The van der Waals surface area contributed by atoms with Gasteiger partial charge in [-0.05, 0) is 25.0 Å². The first-order valence-corrected chi connectivity index (χ1v) is 10.6. The summed E-state index contributed by atoms with van der Waals surface area (Å²) in [4.78, 5) is 20.4. The maximum Gasteiger partial charge on any atom is 0.233 e. The first kappa shape index (κ1) is 19.4. The van der Waals surface area contributed by atoms with E-state index in [9.17, 15) is 4.79 Å². The fourth-order valence-electron chi connectivity index (χ4n) is 3.36. The van der Waals surface area contributed by atoms with Crippen LogP contribution in [0.4, 0.5) is 0 Å². The molecule has 0 saturated carbocycles. The number of hydrogen-bond acceptors (Lipinski definition) is 5. The molecule has 0 saturated heterocycles. The maximum atomic E-state index is 12.6. The number of amides is 1. The third-order valence-electron chi connectivity index (χ3n) is 5.04. The highest BCUT2D eigenvalue weighted by molar-refractivity contribution is 8.00. The Bertz CT molecular complexity index is 1130. The number of carbonyl (C=O) groups excluding carboxylic acids is 1. The molecule has 29 heavy (non-hydrogen) atoms. The zero-order valence-electron chi connectivity index (χ0n) is 16.4. The van der Waals surface area contributed by atoms with Crippen LogP contribution in [-0.2, 0) is 4.79 Å². The predicted molar refractivity (Wildman–Crippen MR) is 117 cm³/mol. The minimum absolute atomic E-state index is 0.0234. The number of nitrogens with zero attached hydrogens (tertiary/aromatic N) is 3. The molecular formula is C22H23N5OS. The van der Waals surface area contributed by atoms with Gasteiger partial charge >= 0.3 is 0 Å². The van der Waals surface area contributed by atoms with Crippen molar-refractivity contribution in [3.63, 3.8) is 0 Å². The Morgan fingerprint density at radius 2 is 1.86 bits per heavy atom. The van der Waals surface area contributed by atoms with Crippen LogP contribution in [0.2, 0.25) is 0 Å². The molecule has 148 valence electrons. The molecule has 4 rings (SSSR count). The van der Waals surface area contributed by atoms with Crippen molar-refractivity contribution < 1.29 is 4.79 Å². The number of benzene rings is 2. The monoisotopic (exact) mass is 405 g/mol. The molecule has 0 aliphatic heterocycles. The second-order valence-electron chi connectivity index (χ2n) is 6.98. The van der Waals surface area contributed by atoms with Gasteiger partial charge in [0.25, 0.3) is 0 Å². The topological polar surface area (TPSA) is 83.6 Å². The van der Waals surface area contributed by atoms with Crippen LogP contribution in [0.15, 0.2) is 59.8 Å². The number of para-hydroxylation sites is 1. The third kappa shape index (κ3) is 4.24. The van der Waals surface area contributed by atoms with Crippen LogP contribution in [0.5, 0.6) is 0 Å². The van der Waals surface area contributed by atoms with E-state index < -0.39 is 0 Å². The second-order valence-corrected chi connectivity index (χ2v) is 8.29. The van der Waals surface area contributed by atoms with E-state index in [4.69, 9.17) is 0 Å². The molecule has 6 nitrogen and oxygen atoms in total. The van der Waals surface area contributed by atoms with Crippen molar-refractivity contribution in [1.29, 1.82) is 0 Å². The first-order chi connectivity index (χ1) is 14.2. The molecule has 0 aliphatic carbocycles. The highest BCUT2D eigenvalue weighted by Gasteiger charge is 2.19. The van der Waals surface area contributed by atoms with Gasteiger partial charge in [0.05, 0.1) is 5.25 Å². The lowest BCUT2D eigenvalue weighted by molar-refractivity contribution is -0.120. The molecule has 0 radical (unpaired) electrons. The SMILES string of the molecule is CC[C@H](CNC(=O)[C@H](C)Sc1nnc2c(n1)[nH]c1ccccc12)c1ccccc1. The van der Waals surface area contributed by atoms with Crippen molar-refractivity contribution in [2.24, 2.45) is 0 Å². The van der Waals surface area contributed by atoms with E-state index >= 15 is 0 Å². The number of aromatic nitrogens is 4. The molecule has 0 unspecified atom stereocenters. The average molecular weight is 406 g/mol. The van der Waals surface area contributed by atoms with Crippen molar-refractivity contribution in [2.75, 3.05) is 6.54 Å². The molecule has 4 aromatic rings. The number of rotatable bonds is 7. The van der Waals surface area contributed by atoms with Gasteiger partial charge in [-0.25, -0.2) is 4.98 Å². The number of fused-ring (bicyclic) bond motifs is 3. The standard InChI is InChI=1S/C22H23N5OS/c1-3-15(16-9-5-4-6-10-16)13-23-21(28)14(2)29-22-25-20-19(26-27-22)17-11-7-8-12-18(17)24-20/h4-12,14-15H,3,13H2,1-2H3,(H,23,28)(H,24,25,27)/t14-,15+/m0/s1. The molecule has 7 heteroatoms. The Morgan fingerprint density at radius 1 is 1.10 bits per heavy atom. The van der Waals surface area contributed by atoms with Gasteiger partial charge in [0, 0.05) is 23.4 Å². The van der Waals surface area contributed by atoms with Crippen LogP contribution in [0.1, 0.15) is 31.7 Å². The molecule has 2 heterocycles. The summed E-state index contributed by atoms with van der Waals surface area (Å²) < 4.78 is 0. The quantitative estimate of drug-likeness (QED) is 0.448. The van der Waals surface area contributed by atoms with E-state index in [1.54, 1.807) is 0 Å². The van der Waals surface area contributed by atoms with Crippen molar-refractivity contribution in [1.82, 2.24) is 25.5 Å². The molecule has 1 amide bonds. The lowest BCUT2D eigenvalue weighted by atomic mass is 9.96. The van der Waals surface area contributed by atoms with Gasteiger partial charge in [-0.15, -0.1) is 10.2 Å². The summed E-state index contributed by atoms with van der Waals surface area (Å²) >= 11 is 1.31. The minimum atomic E-state index is -0.313. The van der Waals surface area contributed by atoms with Crippen molar-refractivity contribution in [3.05, 3.63) is 60.2 Å². The number of nitrogens with one attached hydrogen (secondary N) is 2. The summed E-state index contributed by atoms with van der Waals surface area (Å²) in [7, 11) is 0. The van der Waals surface area contributed by atoms with Crippen molar-refractivity contribution in [3.8, 4) is 0 Å². The summed E-state index contributed by atoms with van der Waals surface area (Å²) in [6.45, 7) is 4.61. The number of thioether (sulfide) groups is 1. The summed E-state index contributed by atoms with van der Waals surface area (Å²) in [5.74, 6) is 0.280. The average Bonchev–Trinajstić information content (AvgIpc) is 3.12. The maximum absolute atomic E-state index is 12.6. The third-order valence-corrected chi connectivity index (χ3v) is 5.99. The summed E-state index contributed by atoms with van der Waals surface area (Å²) in [5, 5.41) is 12.8. The molecular weight excluding hydrogens is 382 g/mol. The molecule has 0 aliphatic rings. The normalized spacial score (nSPS) is 13.4. The zero-order chi connectivity index (χ0) is 20.2. The summed E-state index contributed by atoms with van der Waals surface area (Å²) in [5.41, 5.74) is 3.65. The van der Waals surface area contributed by atoms with Crippen molar-refractivity contribution >= 4 is 39.7 Å². The molecule has 0 fully saturated rings. The molecule has 2 N–H and O–H groups in total.